The number of methoxy groups -OCH3 is 1. The number of benzene rings is 2. The van der Waals surface area contributed by atoms with E-state index in [9.17, 15) is 9.59 Å². The Balaban J connectivity index is 1.39. The van der Waals surface area contributed by atoms with Crippen LogP contribution < -0.4 is 15.2 Å². The van der Waals surface area contributed by atoms with E-state index in [1.165, 1.54) is 17.0 Å². The van der Waals surface area contributed by atoms with Gasteiger partial charge in [0.2, 0.25) is 5.91 Å². The summed E-state index contributed by atoms with van der Waals surface area (Å²) in [6.07, 6.45) is 1.42. The highest BCUT2D eigenvalue weighted by molar-refractivity contribution is 6.43. The number of carbonyl (C=O) groups is 1. The molecule has 0 N–H and O–H groups in total. The molecule has 0 unspecified atom stereocenters. The largest absolute Gasteiger partial charge is 0.497 e. The Hall–Kier alpha value is -3.03. The summed E-state index contributed by atoms with van der Waals surface area (Å²) in [5.74, 6) is 0.605. The fourth-order valence-electron chi connectivity index (χ4n) is 3.64. The second kappa shape index (κ2) is 9.63. The van der Waals surface area contributed by atoms with Crippen molar-refractivity contribution in [3.63, 3.8) is 0 Å². The standard InChI is InChI=1S/C23H22Cl2N4O3/c1-32-17-7-5-16(6-8-17)19-13-21(30)29(15-26-19)14-22(31)28-11-9-27(10-12-28)20-4-2-3-18(24)23(20)25/h2-8,13,15H,9-12,14H2,1H3. The van der Waals surface area contributed by atoms with Crippen LogP contribution in [-0.4, -0.2) is 53.6 Å². The highest BCUT2D eigenvalue weighted by Gasteiger charge is 2.23. The first-order valence-electron chi connectivity index (χ1n) is 10.1. The van der Waals surface area contributed by atoms with Crippen molar-refractivity contribution in [3.8, 4) is 17.0 Å². The number of aromatic nitrogens is 2. The van der Waals surface area contributed by atoms with E-state index in [4.69, 9.17) is 27.9 Å². The van der Waals surface area contributed by atoms with E-state index in [-0.39, 0.29) is 18.0 Å². The van der Waals surface area contributed by atoms with Gasteiger partial charge in [-0.15, -0.1) is 0 Å². The minimum Gasteiger partial charge on any atom is -0.497 e. The third kappa shape index (κ3) is 4.74. The van der Waals surface area contributed by atoms with Gasteiger partial charge in [0, 0.05) is 37.8 Å². The molecule has 0 radical (unpaired) electrons. The number of anilines is 1. The quantitative estimate of drug-likeness (QED) is 0.567. The van der Waals surface area contributed by atoms with Crippen LogP contribution in [0.1, 0.15) is 0 Å². The Morgan fingerprint density at radius 1 is 1.06 bits per heavy atom. The van der Waals surface area contributed by atoms with Gasteiger partial charge in [-0.05, 0) is 36.4 Å². The summed E-state index contributed by atoms with van der Waals surface area (Å²) in [5, 5.41) is 1.02. The van der Waals surface area contributed by atoms with Gasteiger partial charge in [-0.1, -0.05) is 29.3 Å². The molecule has 0 saturated carbocycles. The van der Waals surface area contributed by atoms with Gasteiger partial charge in [0.05, 0.1) is 34.9 Å². The lowest BCUT2D eigenvalue weighted by molar-refractivity contribution is -0.132. The lowest BCUT2D eigenvalue weighted by Crippen LogP contribution is -2.50. The topological polar surface area (TPSA) is 67.7 Å². The zero-order valence-corrected chi connectivity index (χ0v) is 19.0. The predicted molar refractivity (Wildman–Crippen MR) is 126 cm³/mol. The molecule has 0 aliphatic carbocycles. The van der Waals surface area contributed by atoms with E-state index in [1.807, 2.05) is 36.4 Å². The number of piperazine rings is 1. The smallest absolute Gasteiger partial charge is 0.254 e. The summed E-state index contributed by atoms with van der Waals surface area (Å²) in [4.78, 5) is 33.5. The maximum absolute atomic E-state index is 12.8. The molecule has 0 atom stereocenters. The second-order valence-corrected chi connectivity index (χ2v) is 8.19. The molecule has 1 saturated heterocycles. The molecule has 9 heteroatoms. The fraction of sp³-hybridized carbons (Fsp3) is 0.261. The summed E-state index contributed by atoms with van der Waals surface area (Å²) in [6, 6.07) is 14.2. The Morgan fingerprint density at radius 3 is 2.44 bits per heavy atom. The second-order valence-electron chi connectivity index (χ2n) is 7.41. The van der Waals surface area contributed by atoms with Crippen molar-refractivity contribution < 1.29 is 9.53 Å². The van der Waals surface area contributed by atoms with Crippen LogP contribution in [0.25, 0.3) is 11.3 Å². The average Bonchev–Trinajstić information content (AvgIpc) is 2.82. The van der Waals surface area contributed by atoms with Crippen LogP contribution in [0.15, 0.2) is 59.7 Å². The monoisotopic (exact) mass is 472 g/mol. The normalized spacial score (nSPS) is 13.8. The number of halogens is 2. The number of hydrogen-bond acceptors (Lipinski definition) is 5. The average molecular weight is 473 g/mol. The van der Waals surface area contributed by atoms with E-state index in [2.05, 4.69) is 9.88 Å². The zero-order chi connectivity index (χ0) is 22.7. The van der Waals surface area contributed by atoms with E-state index in [0.29, 0.717) is 41.9 Å². The lowest BCUT2D eigenvalue weighted by atomic mass is 10.1. The molecule has 4 rings (SSSR count). The van der Waals surface area contributed by atoms with Gasteiger partial charge in [0.15, 0.2) is 0 Å². The molecule has 1 fully saturated rings. The van der Waals surface area contributed by atoms with Crippen LogP contribution in [0.2, 0.25) is 10.0 Å². The summed E-state index contributed by atoms with van der Waals surface area (Å²) < 4.78 is 6.48. The molecule has 166 valence electrons. The minimum absolute atomic E-state index is 0.0490. The van der Waals surface area contributed by atoms with Gasteiger partial charge in [-0.2, -0.15) is 0 Å². The van der Waals surface area contributed by atoms with Gasteiger partial charge in [0.1, 0.15) is 12.3 Å². The third-order valence-electron chi connectivity index (χ3n) is 5.48. The first-order chi connectivity index (χ1) is 15.5. The number of rotatable bonds is 5. The first-order valence-corrected chi connectivity index (χ1v) is 10.9. The zero-order valence-electron chi connectivity index (χ0n) is 17.5. The van der Waals surface area contributed by atoms with Crippen molar-refractivity contribution in [1.82, 2.24) is 14.5 Å². The molecular weight excluding hydrogens is 451 g/mol. The summed E-state index contributed by atoms with van der Waals surface area (Å²) >= 11 is 12.4. The molecular formula is C23H22Cl2N4O3. The van der Waals surface area contributed by atoms with Gasteiger partial charge in [0.25, 0.3) is 5.56 Å². The molecule has 7 nitrogen and oxygen atoms in total. The molecule has 2 aromatic carbocycles. The van der Waals surface area contributed by atoms with E-state index in [1.54, 1.807) is 18.1 Å². The fourth-order valence-corrected chi connectivity index (χ4v) is 4.06. The SMILES string of the molecule is COc1ccc(-c2cc(=O)n(CC(=O)N3CCN(c4cccc(Cl)c4Cl)CC3)cn2)cc1. The van der Waals surface area contributed by atoms with Crippen LogP contribution in [0, 0.1) is 0 Å². The van der Waals surface area contributed by atoms with Crippen LogP contribution >= 0.6 is 23.2 Å². The highest BCUT2D eigenvalue weighted by atomic mass is 35.5. The molecule has 1 aromatic heterocycles. The van der Waals surface area contributed by atoms with Crippen molar-refractivity contribution in [2.24, 2.45) is 0 Å². The van der Waals surface area contributed by atoms with Gasteiger partial charge >= 0.3 is 0 Å². The van der Waals surface area contributed by atoms with Crippen LogP contribution in [-0.2, 0) is 11.3 Å². The lowest BCUT2D eigenvalue weighted by Gasteiger charge is -2.36. The van der Waals surface area contributed by atoms with Crippen molar-refractivity contribution in [3.05, 3.63) is 75.3 Å². The third-order valence-corrected chi connectivity index (χ3v) is 6.28. The van der Waals surface area contributed by atoms with E-state index < -0.39 is 0 Å². The minimum atomic E-state index is -0.275. The van der Waals surface area contributed by atoms with E-state index in [0.717, 1.165) is 17.0 Å². The molecule has 1 aliphatic rings. The number of nitrogens with zero attached hydrogens (tertiary/aromatic N) is 4. The molecule has 0 spiro atoms. The van der Waals surface area contributed by atoms with Crippen molar-refractivity contribution >= 4 is 34.8 Å². The van der Waals surface area contributed by atoms with E-state index >= 15 is 0 Å². The Labute approximate surface area is 195 Å². The Bertz CT molecular complexity index is 1170. The maximum Gasteiger partial charge on any atom is 0.254 e. The molecule has 1 amide bonds. The van der Waals surface area contributed by atoms with Gasteiger partial charge in [-0.3, -0.25) is 14.2 Å². The van der Waals surface area contributed by atoms with Crippen LogP contribution in [0.4, 0.5) is 5.69 Å². The molecule has 32 heavy (non-hydrogen) atoms. The summed E-state index contributed by atoms with van der Waals surface area (Å²) in [5.41, 5.74) is 1.94. The number of hydrogen-bond donors (Lipinski definition) is 0. The first kappa shape index (κ1) is 22.2. The van der Waals surface area contributed by atoms with Crippen LogP contribution in [0.3, 0.4) is 0 Å². The van der Waals surface area contributed by atoms with Crippen LogP contribution in [0.5, 0.6) is 5.75 Å². The molecule has 1 aliphatic heterocycles. The molecule has 3 aromatic rings. The number of amides is 1. The molecule has 0 bridgehead atoms. The number of carbonyl (C=O) groups excluding carboxylic acids is 1. The maximum atomic E-state index is 12.8. The Morgan fingerprint density at radius 2 is 1.78 bits per heavy atom. The summed E-state index contributed by atoms with van der Waals surface area (Å²) in [6.45, 7) is 2.29. The summed E-state index contributed by atoms with van der Waals surface area (Å²) in [7, 11) is 1.59. The van der Waals surface area contributed by atoms with Crippen molar-refractivity contribution in [1.29, 1.82) is 0 Å². The Kier molecular flexibility index (Phi) is 6.67. The number of ether oxygens (including phenoxy) is 1. The van der Waals surface area contributed by atoms with Crippen molar-refractivity contribution in [2.45, 2.75) is 6.54 Å². The molecule has 2 heterocycles. The van der Waals surface area contributed by atoms with Gasteiger partial charge in [-0.25, -0.2) is 4.98 Å². The predicted octanol–water partition coefficient (Wildman–Crippen LogP) is 3.57. The van der Waals surface area contributed by atoms with Crippen molar-refractivity contribution in [2.75, 3.05) is 38.2 Å². The van der Waals surface area contributed by atoms with Gasteiger partial charge < -0.3 is 14.5 Å². The highest BCUT2D eigenvalue weighted by Crippen LogP contribution is 2.32.